The number of fused-ring (bicyclic) bond motifs is 2. The molecule has 28 heavy (non-hydrogen) atoms. The molecule has 0 radical (unpaired) electrons. The van der Waals surface area contributed by atoms with Gasteiger partial charge in [-0.1, -0.05) is 18.2 Å². The van der Waals surface area contributed by atoms with Crippen molar-refractivity contribution >= 4 is 34.7 Å². The second kappa shape index (κ2) is 7.52. The Balaban J connectivity index is 1.59. The van der Waals surface area contributed by atoms with Gasteiger partial charge in [-0.3, -0.25) is 9.36 Å². The average Bonchev–Trinajstić information content (AvgIpc) is 3.14. The summed E-state index contributed by atoms with van der Waals surface area (Å²) < 4.78 is 18.0. The highest BCUT2D eigenvalue weighted by molar-refractivity contribution is 14.1. The number of halogens is 1. The number of rotatable bonds is 5. The summed E-state index contributed by atoms with van der Waals surface area (Å²) in [5, 5.41) is 13.1. The van der Waals surface area contributed by atoms with Crippen molar-refractivity contribution < 1.29 is 22.4 Å². The van der Waals surface area contributed by atoms with Crippen LogP contribution >= 0.6 is 23.0 Å². The lowest BCUT2D eigenvalue weighted by atomic mass is 10.0. The number of amides is 1. The minimum atomic E-state index is -1.01. The van der Waals surface area contributed by atoms with Crippen LogP contribution in [0.25, 0.3) is 0 Å². The summed E-state index contributed by atoms with van der Waals surface area (Å²) in [6.45, 7) is 2.04. The lowest BCUT2D eigenvalue weighted by molar-refractivity contribution is -0.182. The second-order valence-corrected chi connectivity index (χ2v) is 7.45. The predicted molar refractivity (Wildman–Crippen MR) is 106 cm³/mol. The van der Waals surface area contributed by atoms with E-state index in [-0.39, 0.29) is 24.9 Å². The number of aryl methyl sites for hydroxylation is 1. The summed E-state index contributed by atoms with van der Waals surface area (Å²) in [5.41, 5.74) is -0.595. The second-order valence-electron chi connectivity index (χ2n) is 6.83. The van der Waals surface area contributed by atoms with Gasteiger partial charge in [0, 0.05) is 17.3 Å². The maximum atomic E-state index is 12.6. The first-order valence-electron chi connectivity index (χ1n) is 8.62. The van der Waals surface area contributed by atoms with Crippen molar-refractivity contribution in [3.63, 3.8) is 0 Å². The molecule has 0 spiro atoms. The van der Waals surface area contributed by atoms with Gasteiger partial charge in [-0.2, -0.15) is 4.98 Å². The molecule has 148 valence electrons. The Morgan fingerprint density at radius 3 is 2.93 bits per heavy atom. The Morgan fingerprint density at radius 2 is 2.21 bits per heavy atom. The summed E-state index contributed by atoms with van der Waals surface area (Å²) in [5.74, 6) is -0.188. The van der Waals surface area contributed by atoms with Gasteiger partial charge in [0.2, 0.25) is 0 Å². The monoisotopic (exact) mass is 499 g/mol. The highest BCUT2D eigenvalue weighted by Gasteiger charge is 2.62. The highest BCUT2D eigenvalue weighted by atomic mass is 127. The number of anilines is 1. The fraction of sp³-hybridized carbons (Fsp3) is 0.389. The molecule has 1 aromatic carbocycles. The Kier molecular flexibility index (Phi) is 5.22. The lowest BCUT2D eigenvalue weighted by Crippen LogP contribution is -2.44. The van der Waals surface area contributed by atoms with E-state index < -0.39 is 29.7 Å². The first kappa shape index (κ1) is 19.5. The summed E-state index contributed by atoms with van der Waals surface area (Å²) >= 11 is 1.73. The Morgan fingerprint density at radius 1 is 1.46 bits per heavy atom. The van der Waals surface area contributed by atoms with Gasteiger partial charge in [0.05, 0.1) is 13.2 Å². The molecule has 9 nitrogen and oxygen atoms in total. The molecule has 2 aliphatic heterocycles. The number of ether oxygens (including phenoxy) is 2. The van der Waals surface area contributed by atoms with Crippen LogP contribution in [0, 0.1) is 6.92 Å². The normalized spacial score (nSPS) is 28.5. The van der Waals surface area contributed by atoms with E-state index in [0.29, 0.717) is 11.1 Å². The fourth-order valence-corrected chi connectivity index (χ4v) is 4.00. The predicted octanol–water partition coefficient (Wildman–Crippen LogP) is 1.20. The van der Waals surface area contributed by atoms with Gasteiger partial charge in [-0.15, -0.1) is 0 Å². The van der Waals surface area contributed by atoms with Crippen LogP contribution in [0.3, 0.4) is 0 Å². The minimum absolute atomic E-state index is 0.133. The Hall–Kier alpha value is -1.86. The molecule has 2 aliphatic rings. The van der Waals surface area contributed by atoms with Crippen LogP contribution in [-0.4, -0.2) is 51.6 Å². The quantitative estimate of drug-likeness (QED) is 0.595. The summed E-state index contributed by atoms with van der Waals surface area (Å²) in [6.07, 6.45) is -0.907. The van der Waals surface area contributed by atoms with E-state index in [1.165, 1.54) is 10.8 Å². The highest BCUT2D eigenvalue weighted by Crippen LogP contribution is 2.45. The van der Waals surface area contributed by atoms with E-state index in [2.05, 4.69) is 10.3 Å². The number of aliphatic hydroxyl groups is 1. The van der Waals surface area contributed by atoms with E-state index in [1.807, 2.05) is 6.07 Å². The van der Waals surface area contributed by atoms with Crippen LogP contribution in [0.15, 0.2) is 41.3 Å². The maximum absolute atomic E-state index is 12.6. The number of carbonyl (C=O) groups is 1. The summed E-state index contributed by atoms with van der Waals surface area (Å²) in [6, 6.07) is 8.65. The van der Waals surface area contributed by atoms with E-state index in [9.17, 15) is 14.7 Å². The topological polar surface area (TPSA) is 112 Å². The third kappa shape index (κ3) is 3.24. The molecular weight excluding hydrogens is 481 g/mol. The van der Waals surface area contributed by atoms with Crippen molar-refractivity contribution in [3.05, 3.63) is 58.1 Å². The van der Waals surface area contributed by atoms with Gasteiger partial charge >= 0.3 is 5.69 Å². The molecule has 10 heteroatoms. The number of hydrogen-bond donors (Lipinski definition) is 2. The van der Waals surface area contributed by atoms with Gasteiger partial charge in [-0.25, -0.2) is 4.79 Å². The molecule has 2 fully saturated rings. The molecule has 0 aliphatic carbocycles. The molecule has 0 saturated carbocycles. The SMILES string of the molecule is Cc1cn([C@@H]2O[C@@]3(COI)COC2C3O)c(=O)nc1NC(=O)c1ccccc1. The smallest absolute Gasteiger partial charge is 0.351 e. The molecule has 2 saturated heterocycles. The Labute approximate surface area is 174 Å². The summed E-state index contributed by atoms with van der Waals surface area (Å²) in [4.78, 5) is 28.9. The molecule has 2 N–H and O–H groups in total. The molecule has 4 rings (SSSR count). The van der Waals surface area contributed by atoms with Gasteiger partial charge in [-0.05, 0) is 19.1 Å². The average molecular weight is 499 g/mol. The number of aromatic nitrogens is 2. The minimum Gasteiger partial charge on any atom is -0.387 e. The van der Waals surface area contributed by atoms with Gasteiger partial charge in [0.25, 0.3) is 5.91 Å². The van der Waals surface area contributed by atoms with E-state index in [4.69, 9.17) is 12.5 Å². The van der Waals surface area contributed by atoms with Crippen LogP contribution in [-0.2, 0) is 12.5 Å². The number of nitrogens with zero attached hydrogens (tertiary/aromatic N) is 2. The van der Waals surface area contributed by atoms with Crippen LogP contribution in [0.5, 0.6) is 0 Å². The molecular formula is C18H18IN3O6. The lowest BCUT2D eigenvalue weighted by Gasteiger charge is -2.30. The molecule has 2 bridgehead atoms. The van der Waals surface area contributed by atoms with Crippen molar-refractivity contribution in [1.82, 2.24) is 9.55 Å². The van der Waals surface area contributed by atoms with E-state index in [0.717, 1.165) is 0 Å². The van der Waals surface area contributed by atoms with Crippen LogP contribution in [0.4, 0.5) is 5.82 Å². The van der Waals surface area contributed by atoms with Crippen molar-refractivity contribution in [1.29, 1.82) is 0 Å². The molecule has 1 amide bonds. The van der Waals surface area contributed by atoms with Crippen LogP contribution < -0.4 is 11.0 Å². The van der Waals surface area contributed by atoms with Crippen molar-refractivity contribution in [2.45, 2.75) is 31.0 Å². The number of aliphatic hydroxyl groups excluding tert-OH is 1. The molecule has 1 aromatic heterocycles. The van der Waals surface area contributed by atoms with E-state index in [1.54, 1.807) is 54.2 Å². The first-order valence-corrected chi connectivity index (χ1v) is 9.50. The molecule has 2 aromatic rings. The third-order valence-corrected chi connectivity index (χ3v) is 5.29. The zero-order valence-electron chi connectivity index (χ0n) is 14.9. The van der Waals surface area contributed by atoms with Crippen LogP contribution in [0.2, 0.25) is 0 Å². The van der Waals surface area contributed by atoms with E-state index >= 15 is 0 Å². The fourth-order valence-electron chi connectivity index (χ4n) is 3.48. The standard InChI is InChI=1S/C18H18IN3O6/c1-10-7-22(16-12-13(23)18(28-16,8-26-12)9-27-19)17(25)21-14(10)20-15(24)11-5-3-2-4-6-11/h2-7,12-13,16,23H,8-9H2,1H3,(H,20,21,24,25)/t12?,13?,16-,18-/m1/s1. The number of carbonyl (C=O) groups excluding carboxylic acids is 1. The number of hydrogen-bond acceptors (Lipinski definition) is 7. The largest absolute Gasteiger partial charge is 0.387 e. The van der Waals surface area contributed by atoms with Crippen molar-refractivity contribution in [3.8, 4) is 0 Å². The molecule has 4 atom stereocenters. The third-order valence-electron chi connectivity index (χ3n) is 4.98. The summed E-state index contributed by atoms with van der Waals surface area (Å²) in [7, 11) is 0. The van der Waals surface area contributed by atoms with Crippen LogP contribution in [0.1, 0.15) is 22.1 Å². The zero-order valence-corrected chi connectivity index (χ0v) is 17.0. The van der Waals surface area contributed by atoms with Gasteiger partial charge in [0.15, 0.2) is 6.23 Å². The number of nitrogens with one attached hydrogen (secondary N) is 1. The Bertz CT molecular complexity index is 952. The van der Waals surface area contributed by atoms with Crippen molar-refractivity contribution in [2.24, 2.45) is 0 Å². The van der Waals surface area contributed by atoms with Gasteiger partial charge < -0.3 is 23.0 Å². The molecule has 3 heterocycles. The molecule has 2 unspecified atom stereocenters. The first-order chi connectivity index (χ1) is 13.4. The maximum Gasteiger partial charge on any atom is 0.351 e. The van der Waals surface area contributed by atoms with Gasteiger partial charge in [0.1, 0.15) is 46.6 Å². The van der Waals surface area contributed by atoms with Crippen molar-refractivity contribution in [2.75, 3.05) is 18.5 Å². The zero-order chi connectivity index (χ0) is 19.9. The number of benzene rings is 1.